The molecule has 24 heavy (non-hydrogen) atoms. The Hall–Kier alpha value is -1.79. The van der Waals surface area contributed by atoms with E-state index in [0.717, 1.165) is 11.5 Å². The predicted molar refractivity (Wildman–Crippen MR) is 101 cm³/mol. The molecule has 0 aliphatic carbocycles. The van der Waals surface area contributed by atoms with Crippen molar-refractivity contribution in [1.82, 2.24) is 10.6 Å². The molecule has 1 aromatic heterocycles. The Kier molecular flexibility index (Phi) is 8.41. The zero-order valence-corrected chi connectivity index (χ0v) is 15.1. The average molecular weight is 363 g/mol. The highest BCUT2D eigenvalue weighted by Crippen LogP contribution is 2.10. The van der Waals surface area contributed by atoms with E-state index in [2.05, 4.69) is 22.8 Å². The van der Waals surface area contributed by atoms with Crippen LogP contribution in [-0.4, -0.2) is 30.7 Å². The van der Waals surface area contributed by atoms with Crippen LogP contribution in [0.1, 0.15) is 28.8 Å². The summed E-state index contributed by atoms with van der Waals surface area (Å²) in [7, 11) is 0. The number of nitrogens with one attached hydrogen (secondary N) is 2. The fourth-order valence-electron chi connectivity index (χ4n) is 2.06. The van der Waals surface area contributed by atoms with E-state index in [-0.39, 0.29) is 11.8 Å². The van der Waals surface area contributed by atoms with Gasteiger partial charge in [-0.2, -0.15) is 23.1 Å². The van der Waals surface area contributed by atoms with Gasteiger partial charge >= 0.3 is 0 Å². The van der Waals surface area contributed by atoms with E-state index in [4.69, 9.17) is 0 Å². The summed E-state index contributed by atoms with van der Waals surface area (Å²) in [6.07, 6.45) is 1.09. The van der Waals surface area contributed by atoms with Crippen molar-refractivity contribution in [2.45, 2.75) is 18.6 Å². The van der Waals surface area contributed by atoms with Gasteiger partial charge in [0.25, 0.3) is 5.91 Å². The molecular formula is C18H22N2O2S2. The molecule has 6 heteroatoms. The molecule has 0 spiro atoms. The smallest absolute Gasteiger partial charge is 0.252 e. The van der Waals surface area contributed by atoms with Crippen LogP contribution in [0.25, 0.3) is 0 Å². The van der Waals surface area contributed by atoms with Gasteiger partial charge in [0, 0.05) is 42.0 Å². The zero-order valence-electron chi connectivity index (χ0n) is 13.5. The second kappa shape index (κ2) is 10.9. The van der Waals surface area contributed by atoms with Crippen LogP contribution in [0.15, 0.2) is 47.2 Å². The first-order valence-electron chi connectivity index (χ1n) is 7.94. The van der Waals surface area contributed by atoms with Gasteiger partial charge in [-0.3, -0.25) is 9.59 Å². The summed E-state index contributed by atoms with van der Waals surface area (Å²) < 4.78 is 0. The first-order valence-corrected chi connectivity index (χ1v) is 10.0. The highest BCUT2D eigenvalue weighted by Gasteiger charge is 2.05. The third-order valence-electron chi connectivity index (χ3n) is 3.33. The van der Waals surface area contributed by atoms with Crippen LogP contribution in [0.4, 0.5) is 0 Å². The maximum absolute atomic E-state index is 11.7. The SMILES string of the molecule is O=C(CCCNC(=O)c1ccsc1)NCCSCc1ccccc1. The Labute approximate surface area is 151 Å². The maximum atomic E-state index is 11.7. The van der Waals surface area contributed by atoms with Crippen molar-refractivity contribution in [2.24, 2.45) is 0 Å². The lowest BCUT2D eigenvalue weighted by Crippen LogP contribution is -2.28. The van der Waals surface area contributed by atoms with Gasteiger partial charge in [-0.1, -0.05) is 30.3 Å². The third-order valence-corrected chi connectivity index (χ3v) is 5.04. The van der Waals surface area contributed by atoms with Crippen LogP contribution < -0.4 is 10.6 Å². The van der Waals surface area contributed by atoms with Crippen LogP contribution in [0.3, 0.4) is 0 Å². The minimum atomic E-state index is -0.0750. The molecule has 2 aromatic rings. The number of amides is 2. The average Bonchev–Trinajstić information content (AvgIpc) is 3.14. The fourth-order valence-corrected chi connectivity index (χ4v) is 3.52. The van der Waals surface area contributed by atoms with Crippen LogP contribution in [-0.2, 0) is 10.5 Å². The molecule has 0 aliphatic heterocycles. The number of hydrogen-bond donors (Lipinski definition) is 2. The second-order valence-electron chi connectivity index (χ2n) is 5.26. The molecule has 0 bridgehead atoms. The summed E-state index contributed by atoms with van der Waals surface area (Å²) >= 11 is 3.30. The van der Waals surface area contributed by atoms with Gasteiger partial charge in [-0.05, 0) is 23.4 Å². The monoisotopic (exact) mass is 362 g/mol. The number of carbonyl (C=O) groups excluding carboxylic acids is 2. The Morgan fingerprint density at radius 2 is 1.88 bits per heavy atom. The Morgan fingerprint density at radius 3 is 2.62 bits per heavy atom. The molecule has 0 unspecified atom stereocenters. The maximum Gasteiger partial charge on any atom is 0.252 e. The molecule has 4 nitrogen and oxygen atoms in total. The van der Waals surface area contributed by atoms with E-state index < -0.39 is 0 Å². The molecule has 2 rings (SSSR count). The van der Waals surface area contributed by atoms with E-state index >= 15 is 0 Å². The van der Waals surface area contributed by atoms with Gasteiger partial charge < -0.3 is 10.6 Å². The summed E-state index contributed by atoms with van der Waals surface area (Å²) in [5.74, 6) is 1.83. The topological polar surface area (TPSA) is 58.2 Å². The largest absolute Gasteiger partial charge is 0.355 e. The lowest BCUT2D eigenvalue weighted by Gasteiger charge is -2.06. The summed E-state index contributed by atoms with van der Waals surface area (Å²) in [6.45, 7) is 1.20. The summed E-state index contributed by atoms with van der Waals surface area (Å²) in [4.78, 5) is 23.4. The van der Waals surface area contributed by atoms with E-state index in [0.29, 0.717) is 31.5 Å². The molecule has 1 heterocycles. The van der Waals surface area contributed by atoms with E-state index in [1.165, 1.54) is 16.9 Å². The van der Waals surface area contributed by atoms with Crippen molar-refractivity contribution < 1.29 is 9.59 Å². The third kappa shape index (κ3) is 7.19. The Morgan fingerprint density at radius 1 is 1.04 bits per heavy atom. The molecule has 0 radical (unpaired) electrons. The molecular weight excluding hydrogens is 340 g/mol. The van der Waals surface area contributed by atoms with Gasteiger partial charge in [0.1, 0.15) is 0 Å². The van der Waals surface area contributed by atoms with E-state index in [1.807, 2.05) is 40.7 Å². The van der Waals surface area contributed by atoms with Crippen molar-refractivity contribution >= 4 is 34.9 Å². The number of carbonyl (C=O) groups is 2. The summed E-state index contributed by atoms with van der Waals surface area (Å²) in [6, 6.07) is 12.1. The van der Waals surface area contributed by atoms with Crippen LogP contribution in [0.2, 0.25) is 0 Å². The van der Waals surface area contributed by atoms with Crippen molar-refractivity contribution in [1.29, 1.82) is 0 Å². The summed E-state index contributed by atoms with van der Waals surface area (Å²) in [5, 5.41) is 9.42. The minimum Gasteiger partial charge on any atom is -0.355 e. The molecule has 0 aliphatic rings. The van der Waals surface area contributed by atoms with Gasteiger partial charge in [0.05, 0.1) is 0 Å². The van der Waals surface area contributed by atoms with Crippen molar-refractivity contribution in [3.63, 3.8) is 0 Å². The van der Waals surface area contributed by atoms with Crippen LogP contribution >= 0.6 is 23.1 Å². The highest BCUT2D eigenvalue weighted by molar-refractivity contribution is 7.98. The summed E-state index contributed by atoms with van der Waals surface area (Å²) in [5.41, 5.74) is 1.98. The number of thioether (sulfide) groups is 1. The Bertz CT molecular complexity index is 615. The molecule has 0 saturated heterocycles. The van der Waals surface area contributed by atoms with Crippen LogP contribution in [0.5, 0.6) is 0 Å². The minimum absolute atomic E-state index is 0.0418. The molecule has 0 saturated carbocycles. The molecule has 2 amide bonds. The van der Waals surface area contributed by atoms with Gasteiger partial charge in [-0.15, -0.1) is 0 Å². The van der Waals surface area contributed by atoms with Crippen LogP contribution in [0, 0.1) is 0 Å². The number of rotatable bonds is 10. The highest BCUT2D eigenvalue weighted by atomic mass is 32.2. The van der Waals surface area contributed by atoms with Gasteiger partial charge in [-0.25, -0.2) is 0 Å². The lowest BCUT2D eigenvalue weighted by molar-refractivity contribution is -0.121. The fraction of sp³-hybridized carbons (Fsp3) is 0.333. The molecule has 128 valence electrons. The Balaban J connectivity index is 1.46. The predicted octanol–water partition coefficient (Wildman–Crippen LogP) is 3.31. The van der Waals surface area contributed by atoms with Crippen molar-refractivity contribution in [2.75, 3.05) is 18.8 Å². The quantitative estimate of drug-likeness (QED) is 0.638. The first-order chi connectivity index (χ1) is 11.8. The lowest BCUT2D eigenvalue weighted by atomic mass is 10.2. The van der Waals surface area contributed by atoms with Gasteiger partial charge in [0.15, 0.2) is 0 Å². The molecule has 0 atom stereocenters. The normalized spacial score (nSPS) is 10.3. The second-order valence-corrected chi connectivity index (χ2v) is 7.14. The van der Waals surface area contributed by atoms with E-state index in [9.17, 15) is 9.59 Å². The standard InChI is InChI=1S/C18H22N2O2S2/c21-17(7-4-9-20-18(22)16-8-11-23-14-16)19-10-12-24-13-15-5-2-1-3-6-15/h1-3,5-6,8,11,14H,4,7,9-10,12-13H2,(H,19,21)(H,20,22). The van der Waals surface area contributed by atoms with E-state index in [1.54, 1.807) is 6.07 Å². The number of thiophene rings is 1. The number of hydrogen-bond acceptors (Lipinski definition) is 4. The molecule has 0 fully saturated rings. The van der Waals surface area contributed by atoms with Crippen molar-refractivity contribution in [3.05, 3.63) is 58.3 Å². The zero-order chi connectivity index (χ0) is 17.0. The first kappa shape index (κ1) is 18.5. The number of benzene rings is 1. The van der Waals surface area contributed by atoms with Gasteiger partial charge in [0.2, 0.25) is 5.91 Å². The van der Waals surface area contributed by atoms with Crippen molar-refractivity contribution in [3.8, 4) is 0 Å². The molecule has 1 aromatic carbocycles. The molecule has 2 N–H and O–H groups in total.